The monoisotopic (exact) mass is 441 g/mol. The van der Waals surface area contributed by atoms with Crippen LogP contribution in [0.2, 0.25) is 0 Å². The van der Waals surface area contributed by atoms with Gasteiger partial charge >= 0.3 is 0 Å². The molecule has 1 aromatic carbocycles. The number of benzene rings is 1. The Morgan fingerprint density at radius 2 is 2.00 bits per heavy atom. The summed E-state index contributed by atoms with van der Waals surface area (Å²) >= 11 is 0. The minimum Gasteiger partial charge on any atom is -0.393 e. The fraction of sp³-hybridized carbons (Fsp3) is 0.444. The normalized spacial score (nSPS) is 17.7. The summed E-state index contributed by atoms with van der Waals surface area (Å²) in [5.74, 6) is 1.39. The van der Waals surface area contributed by atoms with Gasteiger partial charge < -0.3 is 21.7 Å². The average Bonchev–Trinajstić information content (AvgIpc) is 3.11. The summed E-state index contributed by atoms with van der Waals surface area (Å²) in [4.78, 5) is 22.3. The number of halogens is 2. The molecule has 0 saturated carbocycles. The van der Waals surface area contributed by atoms with Crippen LogP contribution < -0.4 is 21.7 Å². The Bertz CT molecular complexity index is 897. The molecule has 29 heavy (non-hydrogen) atoms. The minimum absolute atomic E-state index is 0. The van der Waals surface area contributed by atoms with Crippen molar-refractivity contribution in [2.75, 3.05) is 29.0 Å². The molecule has 11 heteroatoms. The Morgan fingerprint density at radius 1 is 1.21 bits per heavy atom. The fourth-order valence-corrected chi connectivity index (χ4v) is 3.84. The molecule has 2 aliphatic rings. The molecule has 5 N–H and O–H groups in total. The van der Waals surface area contributed by atoms with E-state index in [1.165, 1.54) is 17.7 Å². The number of hydrogen-bond donors (Lipinski definition) is 3. The van der Waals surface area contributed by atoms with Crippen molar-refractivity contribution >= 4 is 53.6 Å². The van der Waals surface area contributed by atoms with Gasteiger partial charge in [-0.1, -0.05) is 0 Å². The van der Waals surface area contributed by atoms with E-state index < -0.39 is 4.92 Å². The Kier molecular flexibility index (Phi) is 7.45. The third-order valence-electron chi connectivity index (χ3n) is 5.15. The summed E-state index contributed by atoms with van der Waals surface area (Å²) in [6, 6.07) is 4.76. The molecular weight excluding hydrogens is 417 g/mol. The molecule has 0 spiro atoms. The highest BCUT2D eigenvalue weighted by Gasteiger charge is 2.26. The zero-order chi connectivity index (χ0) is 19.0. The molecule has 1 fully saturated rings. The van der Waals surface area contributed by atoms with E-state index in [-0.39, 0.29) is 42.2 Å². The SMILES string of the molecule is Cl.Cl.Nc1ccc(Nc2nc3c(c(N4CCC[C@@H](N)C4)n2)CCC3)cc1[N+](=O)[O-]. The number of rotatable bonds is 4. The average molecular weight is 442 g/mol. The van der Waals surface area contributed by atoms with Crippen molar-refractivity contribution in [2.45, 2.75) is 38.1 Å². The van der Waals surface area contributed by atoms with Gasteiger partial charge in [-0.25, -0.2) is 4.98 Å². The third kappa shape index (κ3) is 4.80. The van der Waals surface area contributed by atoms with Gasteiger partial charge in [0.1, 0.15) is 11.5 Å². The summed E-state index contributed by atoms with van der Waals surface area (Å²) in [5.41, 5.74) is 14.6. The predicted octanol–water partition coefficient (Wildman–Crippen LogP) is 2.97. The first-order valence-electron chi connectivity index (χ1n) is 9.22. The van der Waals surface area contributed by atoms with Crippen molar-refractivity contribution in [3.8, 4) is 0 Å². The lowest BCUT2D eigenvalue weighted by Gasteiger charge is -2.33. The first-order chi connectivity index (χ1) is 13.0. The van der Waals surface area contributed by atoms with Gasteiger partial charge in [-0.3, -0.25) is 10.1 Å². The van der Waals surface area contributed by atoms with Gasteiger partial charge in [-0.05, 0) is 44.2 Å². The van der Waals surface area contributed by atoms with Gasteiger partial charge in [0.15, 0.2) is 0 Å². The maximum atomic E-state index is 11.1. The predicted molar refractivity (Wildman–Crippen MR) is 119 cm³/mol. The summed E-state index contributed by atoms with van der Waals surface area (Å²) in [5, 5.41) is 14.2. The van der Waals surface area contributed by atoms with Crippen molar-refractivity contribution < 1.29 is 4.92 Å². The number of anilines is 4. The zero-order valence-corrected chi connectivity index (χ0v) is 17.5. The Hall–Kier alpha value is -2.36. The van der Waals surface area contributed by atoms with Gasteiger partial charge in [-0.15, -0.1) is 24.8 Å². The molecule has 0 bridgehead atoms. The number of nitrogens with one attached hydrogen (secondary N) is 1. The summed E-state index contributed by atoms with van der Waals surface area (Å²) in [6.45, 7) is 1.72. The highest BCUT2D eigenvalue weighted by atomic mass is 35.5. The molecule has 2 heterocycles. The maximum Gasteiger partial charge on any atom is 0.294 e. The Morgan fingerprint density at radius 3 is 2.72 bits per heavy atom. The second-order valence-corrected chi connectivity index (χ2v) is 7.15. The van der Waals surface area contributed by atoms with Crippen LogP contribution >= 0.6 is 24.8 Å². The quantitative estimate of drug-likeness (QED) is 0.374. The largest absolute Gasteiger partial charge is 0.393 e. The third-order valence-corrected chi connectivity index (χ3v) is 5.15. The van der Waals surface area contributed by atoms with Crippen LogP contribution in [0.5, 0.6) is 0 Å². The Balaban J connectivity index is 0.00000150. The Labute approximate surface area is 181 Å². The van der Waals surface area contributed by atoms with Gasteiger partial charge in [0.25, 0.3) is 5.69 Å². The molecule has 0 unspecified atom stereocenters. The standard InChI is InChI=1S/C18H23N7O2.2ClH/c19-11-3-2-8-24(10-11)17-13-4-1-5-15(13)22-18(23-17)21-12-6-7-14(20)16(9-12)25(26)27;;/h6-7,9,11H,1-5,8,10,19-20H2,(H,21,22,23);2*1H/t11-;;/m1../s1. The maximum absolute atomic E-state index is 11.1. The number of nitrogens with zero attached hydrogens (tertiary/aromatic N) is 4. The molecule has 9 nitrogen and oxygen atoms in total. The van der Waals surface area contributed by atoms with Gasteiger partial charge in [0.2, 0.25) is 5.95 Å². The van der Waals surface area contributed by atoms with Crippen LogP contribution in [0.25, 0.3) is 0 Å². The molecule has 0 radical (unpaired) electrons. The van der Waals surface area contributed by atoms with Crippen molar-refractivity contribution in [3.05, 3.63) is 39.6 Å². The number of nitrogens with two attached hydrogens (primary N) is 2. The number of aromatic nitrogens is 2. The van der Waals surface area contributed by atoms with Crippen LogP contribution in [-0.2, 0) is 12.8 Å². The van der Waals surface area contributed by atoms with Gasteiger partial charge in [0.05, 0.1) is 10.6 Å². The topological polar surface area (TPSA) is 136 Å². The van der Waals surface area contributed by atoms with Crippen LogP contribution in [0.4, 0.5) is 28.8 Å². The number of piperidine rings is 1. The molecular formula is C18H25Cl2N7O2. The smallest absolute Gasteiger partial charge is 0.294 e. The van der Waals surface area contributed by atoms with E-state index in [1.54, 1.807) is 6.07 Å². The van der Waals surface area contributed by atoms with E-state index in [1.807, 2.05) is 0 Å². The molecule has 158 valence electrons. The summed E-state index contributed by atoms with van der Waals surface area (Å²) in [6.07, 6.45) is 5.04. The lowest BCUT2D eigenvalue weighted by atomic mass is 10.1. The van der Waals surface area contributed by atoms with Crippen molar-refractivity contribution in [1.29, 1.82) is 0 Å². The fourth-order valence-electron chi connectivity index (χ4n) is 3.84. The van der Waals surface area contributed by atoms with Crippen molar-refractivity contribution in [1.82, 2.24) is 9.97 Å². The van der Waals surface area contributed by atoms with Crippen molar-refractivity contribution in [3.63, 3.8) is 0 Å². The molecule has 1 aromatic heterocycles. The minimum atomic E-state index is -0.495. The highest BCUT2D eigenvalue weighted by molar-refractivity contribution is 5.85. The number of nitrogen functional groups attached to an aromatic ring is 1. The first kappa shape index (κ1) is 22.9. The van der Waals surface area contributed by atoms with Crippen LogP contribution in [0, 0.1) is 10.1 Å². The number of nitro benzene ring substituents is 1. The molecule has 1 atom stereocenters. The highest BCUT2D eigenvalue weighted by Crippen LogP contribution is 2.33. The number of aryl methyl sites for hydroxylation is 1. The van der Waals surface area contributed by atoms with Crippen LogP contribution in [0.3, 0.4) is 0 Å². The van der Waals surface area contributed by atoms with E-state index >= 15 is 0 Å². The number of nitro groups is 1. The number of hydrogen-bond acceptors (Lipinski definition) is 8. The lowest BCUT2D eigenvalue weighted by molar-refractivity contribution is -0.383. The van der Waals surface area contributed by atoms with Crippen molar-refractivity contribution in [2.24, 2.45) is 5.73 Å². The van der Waals surface area contributed by atoms with E-state index in [4.69, 9.17) is 16.5 Å². The first-order valence-corrected chi connectivity index (χ1v) is 9.22. The second kappa shape index (κ2) is 9.43. The van der Waals surface area contributed by atoms with Crippen LogP contribution in [0.15, 0.2) is 18.2 Å². The van der Waals surface area contributed by atoms with E-state index in [0.29, 0.717) is 11.6 Å². The van der Waals surface area contributed by atoms with E-state index in [9.17, 15) is 10.1 Å². The molecule has 1 aliphatic heterocycles. The van der Waals surface area contributed by atoms with Gasteiger partial charge in [0, 0.05) is 36.4 Å². The van der Waals surface area contributed by atoms with Crippen LogP contribution in [0.1, 0.15) is 30.5 Å². The molecule has 1 aliphatic carbocycles. The molecule has 4 rings (SSSR count). The molecule has 2 aromatic rings. The lowest BCUT2D eigenvalue weighted by Crippen LogP contribution is -2.43. The zero-order valence-electron chi connectivity index (χ0n) is 15.8. The molecule has 1 saturated heterocycles. The van der Waals surface area contributed by atoms with E-state index in [0.717, 1.165) is 56.7 Å². The number of fused-ring (bicyclic) bond motifs is 1. The second-order valence-electron chi connectivity index (χ2n) is 7.15. The summed E-state index contributed by atoms with van der Waals surface area (Å²) in [7, 11) is 0. The molecule has 0 amide bonds. The van der Waals surface area contributed by atoms with Crippen LogP contribution in [-0.4, -0.2) is 34.0 Å². The van der Waals surface area contributed by atoms with Gasteiger partial charge in [-0.2, -0.15) is 4.98 Å². The van der Waals surface area contributed by atoms with E-state index in [2.05, 4.69) is 15.2 Å². The summed E-state index contributed by atoms with van der Waals surface area (Å²) < 4.78 is 0.